The minimum atomic E-state index is -0.682. The molecule has 7 unspecified atom stereocenters. The van der Waals surface area contributed by atoms with Gasteiger partial charge in [0.15, 0.2) is 0 Å². The van der Waals surface area contributed by atoms with Crippen LogP contribution in [0.25, 0.3) is 0 Å². The molecule has 2 amide bonds. The number of nitrogens with zero attached hydrogens (tertiary/aromatic N) is 4. The van der Waals surface area contributed by atoms with Crippen molar-refractivity contribution in [1.82, 2.24) is 20.1 Å². The maximum Gasteiger partial charge on any atom is 0.258 e. The number of aromatic nitrogens is 1. The maximum absolute atomic E-state index is 13.1. The summed E-state index contributed by atoms with van der Waals surface area (Å²) in [6, 6.07) is 3.68. The average molecular weight is 676 g/mol. The summed E-state index contributed by atoms with van der Waals surface area (Å²) in [5.74, 6) is 0.717. The van der Waals surface area contributed by atoms with Crippen LogP contribution in [0.1, 0.15) is 78.0 Å². The topological polar surface area (TPSA) is 89.0 Å². The summed E-state index contributed by atoms with van der Waals surface area (Å²) in [7, 11) is 0. The lowest BCUT2D eigenvalue weighted by Gasteiger charge is -2.41. The molecule has 1 aliphatic carbocycles. The molecule has 4 aliphatic heterocycles. The highest BCUT2D eigenvalue weighted by molar-refractivity contribution is 8.05. The molecule has 48 heavy (non-hydrogen) atoms. The summed E-state index contributed by atoms with van der Waals surface area (Å²) in [5, 5.41) is 14.9. The van der Waals surface area contributed by atoms with Gasteiger partial charge in [-0.3, -0.25) is 14.5 Å². The van der Waals surface area contributed by atoms with Gasteiger partial charge in [0.2, 0.25) is 6.41 Å². The molecule has 5 aliphatic rings. The molecule has 7 atom stereocenters. The van der Waals surface area contributed by atoms with E-state index in [1.807, 2.05) is 49.0 Å². The van der Waals surface area contributed by atoms with Gasteiger partial charge in [-0.1, -0.05) is 49.5 Å². The Balaban J connectivity index is 0.000000602. The van der Waals surface area contributed by atoms with Crippen molar-refractivity contribution in [2.75, 3.05) is 37.6 Å². The third-order valence-electron chi connectivity index (χ3n) is 10.9. The van der Waals surface area contributed by atoms with E-state index in [9.17, 15) is 14.7 Å². The molecule has 1 aromatic heterocycles. The molecule has 0 spiro atoms. The van der Waals surface area contributed by atoms with E-state index in [-0.39, 0.29) is 41.3 Å². The lowest BCUT2D eigenvalue weighted by atomic mass is 9.86. The molecule has 0 bridgehead atoms. The van der Waals surface area contributed by atoms with E-state index in [1.54, 1.807) is 17.3 Å². The van der Waals surface area contributed by atoms with Gasteiger partial charge in [-0.15, -0.1) is 18.3 Å². The molecule has 6 rings (SSSR count). The fourth-order valence-corrected chi connectivity index (χ4v) is 10.3. The van der Waals surface area contributed by atoms with Crippen LogP contribution in [-0.4, -0.2) is 81.9 Å². The molecule has 4 fully saturated rings. The number of anilines is 1. The van der Waals surface area contributed by atoms with Gasteiger partial charge in [-0.2, -0.15) is 0 Å². The molecule has 262 valence electrons. The van der Waals surface area contributed by atoms with Crippen LogP contribution in [0.4, 0.5) is 5.82 Å². The average Bonchev–Trinajstić information content (AvgIpc) is 3.61. The monoisotopic (exact) mass is 675 g/mol. The molecule has 1 aromatic rings. The second kappa shape index (κ2) is 16.0. The molecular weight excluding hydrogens is 619 g/mol. The quantitative estimate of drug-likeness (QED) is 0.197. The number of thioether (sulfide) groups is 1. The first-order valence-electron chi connectivity index (χ1n) is 17.8. The summed E-state index contributed by atoms with van der Waals surface area (Å²) in [4.78, 5) is 35.2. The number of amides is 2. The first kappa shape index (κ1) is 36.1. The zero-order chi connectivity index (χ0) is 34.3. The zero-order valence-corrected chi connectivity index (χ0v) is 30.1. The second-order valence-corrected chi connectivity index (χ2v) is 15.5. The van der Waals surface area contributed by atoms with Crippen LogP contribution >= 0.6 is 11.8 Å². The van der Waals surface area contributed by atoms with Crippen LogP contribution < -0.4 is 10.2 Å². The van der Waals surface area contributed by atoms with Crippen LogP contribution in [0.15, 0.2) is 78.5 Å². The molecule has 2 N–H and O–H groups in total. The highest BCUT2D eigenvalue weighted by Crippen LogP contribution is 2.78. The van der Waals surface area contributed by atoms with E-state index in [2.05, 4.69) is 71.8 Å². The molecule has 1 saturated carbocycles. The molecule has 0 radical (unpaired) electrons. The summed E-state index contributed by atoms with van der Waals surface area (Å²) in [6.45, 7) is 17.3. The van der Waals surface area contributed by atoms with Crippen molar-refractivity contribution in [2.45, 2.75) is 83.2 Å². The summed E-state index contributed by atoms with van der Waals surface area (Å²) in [5.41, 5.74) is 0.809. The van der Waals surface area contributed by atoms with Gasteiger partial charge in [0.05, 0.1) is 5.56 Å². The number of hydrogen-bond acceptors (Lipinski definition) is 7. The Morgan fingerprint density at radius 3 is 2.52 bits per heavy atom. The van der Waals surface area contributed by atoms with E-state index in [4.69, 9.17) is 0 Å². The van der Waals surface area contributed by atoms with Gasteiger partial charge in [-0.25, -0.2) is 4.98 Å². The van der Waals surface area contributed by atoms with Crippen molar-refractivity contribution >= 4 is 29.9 Å². The van der Waals surface area contributed by atoms with E-state index >= 15 is 0 Å². The van der Waals surface area contributed by atoms with Crippen molar-refractivity contribution in [3.05, 3.63) is 84.1 Å². The number of allylic oxidation sites excluding steroid dienone is 5. The third-order valence-corrected chi connectivity index (χ3v) is 12.5. The van der Waals surface area contributed by atoms with Gasteiger partial charge in [0.1, 0.15) is 12.0 Å². The smallest absolute Gasteiger partial charge is 0.258 e. The number of carbonyl (C=O) groups is 2. The number of carbonyl (C=O) groups excluding carboxylic acids is 2. The van der Waals surface area contributed by atoms with E-state index < -0.39 is 6.23 Å². The Morgan fingerprint density at radius 1 is 1.15 bits per heavy atom. The Morgan fingerprint density at radius 2 is 1.88 bits per heavy atom. The SMILES string of the molecule is C=CC1C(/C=C\C)C23CC2(C=C(C)S3)CCN1C(O)C(/C=C\C)C(C)/C=C/NC(=O)c1cccnc1N1CCCC1.O=CN1CCCC1.[HH]. The molecule has 8 nitrogen and oxygen atoms in total. The first-order chi connectivity index (χ1) is 23.2. The minimum absolute atomic E-state index is 0. The minimum Gasteiger partial charge on any atom is -0.378 e. The van der Waals surface area contributed by atoms with Crippen molar-refractivity contribution in [3.8, 4) is 0 Å². The Labute approximate surface area is 293 Å². The number of pyridine rings is 1. The zero-order valence-electron chi connectivity index (χ0n) is 29.3. The highest BCUT2D eigenvalue weighted by atomic mass is 32.2. The molecule has 3 saturated heterocycles. The number of likely N-dealkylation sites (tertiary alicyclic amines) is 2. The Kier molecular flexibility index (Phi) is 12.1. The van der Waals surface area contributed by atoms with Crippen LogP contribution in [0.2, 0.25) is 0 Å². The Hall–Kier alpha value is -3.14. The van der Waals surface area contributed by atoms with E-state index in [1.165, 1.54) is 24.2 Å². The maximum atomic E-state index is 13.1. The van der Waals surface area contributed by atoms with Gasteiger partial charge in [-0.05, 0) is 82.3 Å². The third kappa shape index (κ3) is 7.38. The van der Waals surface area contributed by atoms with Gasteiger partial charge >= 0.3 is 0 Å². The highest BCUT2D eigenvalue weighted by Gasteiger charge is 2.74. The van der Waals surface area contributed by atoms with Crippen molar-refractivity contribution in [2.24, 2.45) is 23.2 Å². The number of aliphatic hydroxyl groups is 1. The van der Waals surface area contributed by atoms with Gasteiger partial charge in [0, 0.05) is 74.6 Å². The normalized spacial score (nSPS) is 30.3. The fourth-order valence-electron chi connectivity index (χ4n) is 8.43. The fraction of sp³-hybridized carbons (Fsp3) is 0.564. The lowest BCUT2D eigenvalue weighted by Crippen LogP contribution is -2.51. The summed E-state index contributed by atoms with van der Waals surface area (Å²) in [6.07, 6.45) is 25.8. The Bertz CT molecular complexity index is 1420. The number of aliphatic hydroxyl groups excluding tert-OH is 1. The van der Waals surface area contributed by atoms with Gasteiger partial charge < -0.3 is 20.2 Å². The van der Waals surface area contributed by atoms with Crippen LogP contribution in [0.3, 0.4) is 0 Å². The number of nitrogens with one attached hydrogen (secondary N) is 1. The molecule has 9 heteroatoms. The molecular formula is C39H57N5O3S. The summed E-state index contributed by atoms with van der Waals surface area (Å²) < 4.78 is 0.170. The van der Waals surface area contributed by atoms with E-state index in [0.29, 0.717) is 5.56 Å². The van der Waals surface area contributed by atoms with Gasteiger partial charge in [0.25, 0.3) is 5.91 Å². The van der Waals surface area contributed by atoms with Crippen LogP contribution in [-0.2, 0) is 4.79 Å². The largest absolute Gasteiger partial charge is 0.378 e. The van der Waals surface area contributed by atoms with Crippen molar-refractivity contribution in [3.63, 3.8) is 0 Å². The van der Waals surface area contributed by atoms with Crippen LogP contribution in [0, 0.1) is 23.2 Å². The lowest BCUT2D eigenvalue weighted by molar-refractivity contribution is -0.117. The van der Waals surface area contributed by atoms with Crippen molar-refractivity contribution < 1.29 is 16.1 Å². The summed E-state index contributed by atoms with van der Waals surface area (Å²) >= 11 is 2.04. The standard InChI is InChI=1S/C34H46N4O2S.C5H9NO.H2/c1-6-12-26(24(4)15-18-36-31(39)27-14-11-17-35-30(27)37-19-9-10-20-37)32(40)38-21-16-33-22-25(5)41-34(33,23-33)28(13-7-2)29(38)8-3;7-5-6-3-1-2-4-6;/h6-8,11-15,17-18,22,24,26,28-29,32,40H,3,9-10,16,19-21,23H2,1-2,4-5H3,(H,36,39);5H,1-4H2;1H/b12-6-,13-7-,18-15+;;. The van der Waals surface area contributed by atoms with Crippen molar-refractivity contribution in [1.29, 1.82) is 0 Å². The molecule has 0 aromatic carbocycles. The van der Waals surface area contributed by atoms with E-state index in [0.717, 1.165) is 64.2 Å². The predicted molar refractivity (Wildman–Crippen MR) is 199 cm³/mol. The number of rotatable bonds is 11. The molecule has 5 heterocycles. The number of hydrogen-bond donors (Lipinski definition) is 2. The predicted octanol–water partition coefficient (Wildman–Crippen LogP) is 6.79. The second-order valence-electron chi connectivity index (χ2n) is 14.0. The van der Waals surface area contributed by atoms with Crippen LogP contribution in [0.5, 0.6) is 0 Å². The first-order valence-corrected chi connectivity index (χ1v) is 18.6.